The smallest absolute Gasteiger partial charge is 0.251 e. The molecule has 7 heteroatoms. The molecule has 0 spiro atoms. The van der Waals surface area contributed by atoms with E-state index >= 15 is 0 Å². The number of halogens is 2. The summed E-state index contributed by atoms with van der Waals surface area (Å²) in [6.45, 7) is 1.79. The van der Waals surface area contributed by atoms with Crippen LogP contribution in [-0.4, -0.2) is 25.5 Å². The zero-order chi connectivity index (χ0) is 18.4. The number of methoxy groups -OCH3 is 1. The molecule has 132 valence electrons. The van der Waals surface area contributed by atoms with Crippen LogP contribution < -0.4 is 15.4 Å². The van der Waals surface area contributed by atoms with Crippen LogP contribution in [0.25, 0.3) is 0 Å². The van der Waals surface area contributed by atoms with Crippen molar-refractivity contribution in [3.63, 3.8) is 0 Å². The van der Waals surface area contributed by atoms with Crippen LogP contribution in [0.1, 0.15) is 28.9 Å². The van der Waals surface area contributed by atoms with Gasteiger partial charge in [-0.3, -0.25) is 9.59 Å². The third-order valence-electron chi connectivity index (χ3n) is 3.55. The van der Waals surface area contributed by atoms with Crippen LogP contribution in [0.15, 0.2) is 51.4 Å². The lowest BCUT2D eigenvalue weighted by atomic mass is 10.1. The lowest BCUT2D eigenvalue weighted by molar-refractivity contribution is -0.120. The van der Waals surface area contributed by atoms with Crippen LogP contribution in [0.2, 0.25) is 0 Å². The lowest BCUT2D eigenvalue weighted by Gasteiger charge is -2.16. The second kappa shape index (κ2) is 9.01. The highest BCUT2D eigenvalue weighted by molar-refractivity contribution is 9.10. The molecule has 0 bridgehead atoms. The Morgan fingerprint density at radius 3 is 2.56 bits per heavy atom. The molecular formula is C18H18Br2N2O3. The summed E-state index contributed by atoms with van der Waals surface area (Å²) in [4.78, 5) is 24.1. The number of carbonyl (C=O) groups is 2. The van der Waals surface area contributed by atoms with Crippen molar-refractivity contribution >= 4 is 43.7 Å². The Balaban J connectivity index is 1.89. The fraction of sp³-hybridized carbons (Fsp3) is 0.222. The predicted molar refractivity (Wildman–Crippen MR) is 104 cm³/mol. The molecule has 0 aliphatic heterocycles. The Bertz CT molecular complexity index is 781. The van der Waals surface area contributed by atoms with Crippen molar-refractivity contribution < 1.29 is 14.3 Å². The fourth-order valence-electron chi connectivity index (χ4n) is 2.22. The van der Waals surface area contributed by atoms with Gasteiger partial charge < -0.3 is 15.4 Å². The highest BCUT2D eigenvalue weighted by atomic mass is 79.9. The third-order valence-corrected chi connectivity index (χ3v) is 4.66. The summed E-state index contributed by atoms with van der Waals surface area (Å²) in [5.41, 5.74) is 1.42. The summed E-state index contributed by atoms with van der Waals surface area (Å²) in [6.07, 6.45) is 0. The van der Waals surface area contributed by atoms with Crippen molar-refractivity contribution in [3.8, 4) is 5.75 Å². The van der Waals surface area contributed by atoms with E-state index in [1.165, 1.54) is 0 Å². The van der Waals surface area contributed by atoms with Gasteiger partial charge in [0.1, 0.15) is 5.75 Å². The molecule has 0 fully saturated rings. The average molecular weight is 470 g/mol. The number of rotatable bonds is 6. The van der Waals surface area contributed by atoms with Gasteiger partial charge >= 0.3 is 0 Å². The van der Waals surface area contributed by atoms with Crippen LogP contribution in [-0.2, 0) is 4.79 Å². The number of carbonyl (C=O) groups excluding carboxylic acids is 2. The minimum atomic E-state index is -0.295. The van der Waals surface area contributed by atoms with Crippen molar-refractivity contribution in [2.45, 2.75) is 13.0 Å². The molecule has 0 aliphatic rings. The van der Waals surface area contributed by atoms with Gasteiger partial charge in [0.25, 0.3) is 5.91 Å². The normalized spacial score (nSPS) is 11.5. The van der Waals surface area contributed by atoms with Gasteiger partial charge in [0.2, 0.25) is 5.91 Å². The van der Waals surface area contributed by atoms with Crippen LogP contribution in [0, 0.1) is 0 Å². The van der Waals surface area contributed by atoms with Crippen LogP contribution >= 0.6 is 31.9 Å². The molecule has 1 unspecified atom stereocenters. The van der Waals surface area contributed by atoms with E-state index in [9.17, 15) is 9.59 Å². The molecule has 1 atom stereocenters. The zero-order valence-electron chi connectivity index (χ0n) is 13.8. The predicted octanol–water partition coefficient (Wildman–Crippen LogP) is 3.83. The fourth-order valence-corrected chi connectivity index (χ4v) is 3.18. The summed E-state index contributed by atoms with van der Waals surface area (Å²) < 4.78 is 6.82. The van der Waals surface area contributed by atoms with E-state index in [0.717, 1.165) is 20.3 Å². The minimum absolute atomic E-state index is 0.0903. The van der Waals surface area contributed by atoms with Gasteiger partial charge in [-0.15, -0.1) is 0 Å². The molecule has 0 saturated carbocycles. The van der Waals surface area contributed by atoms with E-state index in [2.05, 4.69) is 42.5 Å². The number of benzene rings is 2. The SMILES string of the molecule is COc1ccc(C(C)NC(=O)CNC(=O)c2cccc(Br)c2)cc1Br. The molecule has 2 amide bonds. The first-order chi connectivity index (χ1) is 11.9. The second-order valence-corrected chi connectivity index (χ2v) is 7.15. The summed E-state index contributed by atoms with van der Waals surface area (Å²) in [7, 11) is 1.60. The van der Waals surface area contributed by atoms with E-state index in [0.29, 0.717) is 5.56 Å². The van der Waals surface area contributed by atoms with E-state index in [-0.39, 0.29) is 24.4 Å². The van der Waals surface area contributed by atoms with Crippen LogP contribution in [0.4, 0.5) is 0 Å². The van der Waals surface area contributed by atoms with Gasteiger partial charge in [-0.05, 0) is 58.7 Å². The molecule has 2 aromatic carbocycles. The Morgan fingerprint density at radius 1 is 1.16 bits per heavy atom. The van der Waals surface area contributed by atoms with Crippen molar-refractivity contribution in [1.29, 1.82) is 0 Å². The number of hydrogen-bond donors (Lipinski definition) is 2. The number of ether oxygens (including phenoxy) is 1. The lowest BCUT2D eigenvalue weighted by Crippen LogP contribution is -2.38. The molecule has 0 radical (unpaired) electrons. The molecule has 2 N–H and O–H groups in total. The topological polar surface area (TPSA) is 67.4 Å². The first-order valence-corrected chi connectivity index (χ1v) is 9.16. The summed E-state index contributed by atoms with van der Waals surface area (Å²) in [5.74, 6) is 0.169. The molecule has 0 saturated heterocycles. The summed E-state index contributed by atoms with van der Waals surface area (Å²) in [6, 6.07) is 12.4. The van der Waals surface area contributed by atoms with Crippen LogP contribution in [0.3, 0.4) is 0 Å². The van der Waals surface area contributed by atoms with Gasteiger partial charge in [0.15, 0.2) is 0 Å². The standard InChI is InChI=1S/C18H18Br2N2O3/c1-11(12-6-7-16(25-2)15(20)9-12)22-17(23)10-21-18(24)13-4-3-5-14(19)8-13/h3-9,11H,10H2,1-2H3,(H,21,24)(H,22,23). The second-order valence-electron chi connectivity index (χ2n) is 5.38. The van der Waals surface area contributed by atoms with Crippen LogP contribution in [0.5, 0.6) is 5.75 Å². The Morgan fingerprint density at radius 2 is 1.92 bits per heavy atom. The molecule has 0 heterocycles. The van der Waals surface area contributed by atoms with Crippen molar-refractivity contribution in [1.82, 2.24) is 10.6 Å². The maximum absolute atomic E-state index is 12.1. The molecule has 2 aromatic rings. The molecule has 25 heavy (non-hydrogen) atoms. The summed E-state index contributed by atoms with van der Waals surface area (Å²) >= 11 is 6.74. The number of hydrogen-bond acceptors (Lipinski definition) is 3. The maximum atomic E-state index is 12.1. The van der Waals surface area contributed by atoms with E-state index in [1.54, 1.807) is 25.3 Å². The first-order valence-electron chi connectivity index (χ1n) is 7.57. The monoisotopic (exact) mass is 468 g/mol. The molecular weight excluding hydrogens is 452 g/mol. The Hall–Kier alpha value is -1.86. The van der Waals surface area contributed by atoms with Gasteiger partial charge in [-0.2, -0.15) is 0 Å². The third kappa shape index (κ3) is 5.57. The van der Waals surface area contributed by atoms with Gasteiger partial charge in [-0.1, -0.05) is 28.1 Å². The molecule has 2 rings (SSSR count). The average Bonchev–Trinajstić information content (AvgIpc) is 2.59. The highest BCUT2D eigenvalue weighted by Gasteiger charge is 2.13. The van der Waals surface area contributed by atoms with Gasteiger partial charge in [-0.25, -0.2) is 0 Å². The first kappa shape index (κ1) is 19.5. The number of nitrogens with one attached hydrogen (secondary N) is 2. The quantitative estimate of drug-likeness (QED) is 0.675. The maximum Gasteiger partial charge on any atom is 0.251 e. The van der Waals surface area contributed by atoms with E-state index in [4.69, 9.17) is 4.74 Å². The molecule has 5 nitrogen and oxygen atoms in total. The molecule has 0 aliphatic carbocycles. The molecule has 0 aromatic heterocycles. The highest BCUT2D eigenvalue weighted by Crippen LogP contribution is 2.27. The van der Waals surface area contributed by atoms with E-state index < -0.39 is 0 Å². The minimum Gasteiger partial charge on any atom is -0.496 e. The Kier molecular flexibility index (Phi) is 7.01. The van der Waals surface area contributed by atoms with Crippen molar-refractivity contribution in [2.24, 2.45) is 0 Å². The van der Waals surface area contributed by atoms with Crippen molar-refractivity contribution in [3.05, 3.63) is 62.5 Å². The Labute approximate surface area is 163 Å². The summed E-state index contributed by atoms with van der Waals surface area (Å²) in [5, 5.41) is 5.47. The zero-order valence-corrected chi connectivity index (χ0v) is 17.0. The number of amides is 2. The largest absolute Gasteiger partial charge is 0.496 e. The van der Waals surface area contributed by atoms with E-state index in [1.807, 2.05) is 31.2 Å². The van der Waals surface area contributed by atoms with Crippen molar-refractivity contribution in [2.75, 3.05) is 13.7 Å². The van der Waals surface area contributed by atoms with Gasteiger partial charge in [0, 0.05) is 10.0 Å². The van der Waals surface area contributed by atoms with Gasteiger partial charge in [0.05, 0.1) is 24.2 Å².